The summed E-state index contributed by atoms with van der Waals surface area (Å²) in [5, 5.41) is 0.935. The topological polar surface area (TPSA) is 78.9 Å². The Bertz CT molecular complexity index is 931. The molecule has 2 fully saturated rings. The van der Waals surface area contributed by atoms with Gasteiger partial charge < -0.3 is 14.5 Å². The Labute approximate surface area is 187 Å². The van der Waals surface area contributed by atoms with E-state index in [1.165, 1.54) is 24.2 Å². The number of hydrogen-bond acceptors (Lipinski definition) is 8. The van der Waals surface area contributed by atoms with Crippen LogP contribution in [0.3, 0.4) is 0 Å². The zero-order valence-electron chi connectivity index (χ0n) is 18.4. The third-order valence-electron chi connectivity index (χ3n) is 6.16. The molecule has 9 heteroatoms. The molecule has 0 aromatic carbocycles. The summed E-state index contributed by atoms with van der Waals surface area (Å²) in [6.45, 7) is 9.62. The largest absolute Gasteiger partial charge is 0.462 e. The van der Waals surface area contributed by atoms with Gasteiger partial charge in [0.1, 0.15) is 21.9 Å². The number of aromatic nitrogens is 2. The molecule has 0 spiro atoms. The zero-order valence-corrected chi connectivity index (χ0v) is 19.2. The average Bonchev–Trinajstić information content (AvgIpc) is 2.94. The minimum Gasteiger partial charge on any atom is -0.462 e. The molecule has 1 amide bonds. The van der Waals surface area contributed by atoms with Gasteiger partial charge >= 0.3 is 5.97 Å². The van der Waals surface area contributed by atoms with Crippen molar-refractivity contribution in [2.75, 3.05) is 57.3 Å². The minimum atomic E-state index is -0.300. The Morgan fingerprint density at radius 1 is 1.03 bits per heavy atom. The van der Waals surface area contributed by atoms with Crippen molar-refractivity contribution in [3.8, 4) is 0 Å². The van der Waals surface area contributed by atoms with Crippen molar-refractivity contribution in [1.82, 2.24) is 19.8 Å². The number of fused-ring (bicyclic) bond motifs is 1. The number of thiophene rings is 1. The molecule has 0 radical (unpaired) electrons. The lowest BCUT2D eigenvalue weighted by Crippen LogP contribution is -2.50. The predicted octanol–water partition coefficient (Wildman–Crippen LogP) is 2.70. The molecular weight excluding hydrogens is 414 g/mol. The van der Waals surface area contributed by atoms with Crippen LogP contribution < -0.4 is 4.90 Å². The SMILES string of the molecule is CCOC(=O)c1sc2ncnc(N3CCN(CC(=O)N4CCCCCC4)CC3)c2c1C. The first-order valence-corrected chi connectivity index (χ1v) is 12.1. The van der Waals surface area contributed by atoms with Gasteiger partial charge in [-0.2, -0.15) is 0 Å². The summed E-state index contributed by atoms with van der Waals surface area (Å²) in [6.07, 6.45) is 6.28. The number of carbonyl (C=O) groups is 2. The third-order valence-corrected chi connectivity index (χ3v) is 7.34. The maximum absolute atomic E-state index is 12.7. The molecule has 4 rings (SSSR count). The summed E-state index contributed by atoms with van der Waals surface area (Å²) in [6, 6.07) is 0. The van der Waals surface area contributed by atoms with Crippen LogP contribution in [0.4, 0.5) is 5.82 Å². The molecule has 4 heterocycles. The highest BCUT2D eigenvalue weighted by Gasteiger charge is 2.26. The summed E-state index contributed by atoms with van der Waals surface area (Å²) in [4.78, 5) is 41.9. The van der Waals surface area contributed by atoms with Crippen molar-refractivity contribution < 1.29 is 14.3 Å². The van der Waals surface area contributed by atoms with Crippen LogP contribution in [0.2, 0.25) is 0 Å². The van der Waals surface area contributed by atoms with Crippen LogP contribution in [0.15, 0.2) is 6.33 Å². The molecule has 2 aromatic rings. The fraction of sp³-hybridized carbons (Fsp3) is 0.636. The van der Waals surface area contributed by atoms with Gasteiger partial charge in [-0.25, -0.2) is 14.8 Å². The van der Waals surface area contributed by atoms with Gasteiger partial charge in [-0.05, 0) is 32.3 Å². The number of aryl methyl sites for hydroxylation is 1. The number of anilines is 1. The van der Waals surface area contributed by atoms with Gasteiger partial charge in [0.2, 0.25) is 5.91 Å². The molecule has 2 aromatic heterocycles. The number of esters is 1. The highest BCUT2D eigenvalue weighted by molar-refractivity contribution is 7.20. The van der Waals surface area contributed by atoms with E-state index in [-0.39, 0.29) is 11.9 Å². The molecule has 168 valence electrons. The maximum atomic E-state index is 12.7. The van der Waals surface area contributed by atoms with E-state index < -0.39 is 0 Å². The molecule has 0 N–H and O–H groups in total. The lowest BCUT2D eigenvalue weighted by Gasteiger charge is -2.36. The van der Waals surface area contributed by atoms with Gasteiger partial charge in [0.25, 0.3) is 0 Å². The van der Waals surface area contributed by atoms with Crippen LogP contribution in [-0.2, 0) is 9.53 Å². The first-order chi connectivity index (χ1) is 15.1. The zero-order chi connectivity index (χ0) is 21.8. The number of nitrogens with zero attached hydrogens (tertiary/aromatic N) is 5. The summed E-state index contributed by atoms with van der Waals surface area (Å²) >= 11 is 1.36. The van der Waals surface area contributed by atoms with Crippen LogP contribution >= 0.6 is 11.3 Å². The fourth-order valence-electron chi connectivity index (χ4n) is 4.41. The Kier molecular flexibility index (Phi) is 7.02. The fourth-order valence-corrected chi connectivity index (χ4v) is 5.45. The van der Waals surface area contributed by atoms with E-state index in [0.29, 0.717) is 18.0 Å². The number of amides is 1. The first kappa shape index (κ1) is 22.0. The van der Waals surface area contributed by atoms with E-state index in [1.807, 2.05) is 18.7 Å². The quantitative estimate of drug-likeness (QED) is 0.655. The summed E-state index contributed by atoms with van der Waals surface area (Å²) < 4.78 is 5.20. The third kappa shape index (κ3) is 4.82. The Balaban J connectivity index is 1.42. The normalized spacial score (nSPS) is 18.3. The highest BCUT2D eigenvalue weighted by Crippen LogP contribution is 2.35. The number of ether oxygens (including phenoxy) is 1. The van der Waals surface area contributed by atoms with Gasteiger partial charge in [-0.1, -0.05) is 12.8 Å². The molecule has 0 unspecified atom stereocenters. The van der Waals surface area contributed by atoms with Gasteiger partial charge in [-0.3, -0.25) is 9.69 Å². The molecule has 2 saturated heterocycles. The molecule has 31 heavy (non-hydrogen) atoms. The number of hydrogen-bond donors (Lipinski definition) is 0. The number of likely N-dealkylation sites (tertiary alicyclic amines) is 1. The summed E-state index contributed by atoms with van der Waals surface area (Å²) in [5.41, 5.74) is 0.882. The first-order valence-electron chi connectivity index (χ1n) is 11.2. The van der Waals surface area contributed by atoms with Crippen LogP contribution in [-0.4, -0.2) is 84.1 Å². The second-order valence-electron chi connectivity index (χ2n) is 8.21. The molecule has 0 saturated carbocycles. The Hall–Kier alpha value is -2.26. The second kappa shape index (κ2) is 9.91. The molecule has 0 aliphatic carbocycles. The molecule has 2 aliphatic heterocycles. The predicted molar refractivity (Wildman–Crippen MR) is 122 cm³/mol. The molecule has 0 atom stereocenters. The minimum absolute atomic E-state index is 0.257. The van der Waals surface area contributed by atoms with Crippen molar-refractivity contribution in [3.63, 3.8) is 0 Å². The van der Waals surface area contributed by atoms with Crippen LogP contribution in [0.5, 0.6) is 0 Å². The number of carbonyl (C=O) groups excluding carboxylic acids is 2. The van der Waals surface area contributed by atoms with E-state index in [9.17, 15) is 9.59 Å². The van der Waals surface area contributed by atoms with E-state index in [2.05, 4.69) is 19.8 Å². The van der Waals surface area contributed by atoms with Gasteiger partial charge in [0, 0.05) is 39.3 Å². The van der Waals surface area contributed by atoms with Crippen molar-refractivity contribution in [1.29, 1.82) is 0 Å². The van der Waals surface area contributed by atoms with Gasteiger partial charge in [-0.15, -0.1) is 11.3 Å². The summed E-state index contributed by atoms with van der Waals surface area (Å²) in [5.74, 6) is 0.825. The lowest BCUT2D eigenvalue weighted by atomic mass is 10.2. The van der Waals surface area contributed by atoms with E-state index in [0.717, 1.165) is 73.7 Å². The van der Waals surface area contributed by atoms with E-state index >= 15 is 0 Å². The number of piperazine rings is 1. The van der Waals surface area contributed by atoms with Crippen LogP contribution in [0.1, 0.15) is 47.8 Å². The highest BCUT2D eigenvalue weighted by atomic mass is 32.1. The Morgan fingerprint density at radius 2 is 1.74 bits per heavy atom. The average molecular weight is 446 g/mol. The molecule has 2 aliphatic rings. The van der Waals surface area contributed by atoms with Gasteiger partial charge in [0.15, 0.2) is 0 Å². The van der Waals surface area contributed by atoms with Crippen LogP contribution in [0.25, 0.3) is 10.2 Å². The second-order valence-corrected chi connectivity index (χ2v) is 9.21. The van der Waals surface area contributed by atoms with Crippen molar-refractivity contribution in [3.05, 3.63) is 16.8 Å². The van der Waals surface area contributed by atoms with E-state index in [4.69, 9.17) is 4.74 Å². The van der Waals surface area contributed by atoms with Crippen molar-refractivity contribution in [2.45, 2.75) is 39.5 Å². The summed E-state index contributed by atoms with van der Waals surface area (Å²) in [7, 11) is 0. The van der Waals surface area contributed by atoms with Crippen LogP contribution in [0, 0.1) is 6.92 Å². The smallest absolute Gasteiger partial charge is 0.348 e. The van der Waals surface area contributed by atoms with E-state index in [1.54, 1.807) is 6.33 Å². The molecule has 8 nitrogen and oxygen atoms in total. The lowest BCUT2D eigenvalue weighted by molar-refractivity contribution is -0.132. The molecule has 0 bridgehead atoms. The standard InChI is InChI=1S/C22H31N5O3S/c1-3-30-22(29)19-16(2)18-20(23-15-24-21(18)31-19)27-12-10-25(11-13-27)14-17(28)26-8-6-4-5-7-9-26/h15H,3-14H2,1-2H3. The maximum Gasteiger partial charge on any atom is 0.348 e. The van der Waals surface area contributed by atoms with Crippen molar-refractivity contribution in [2.24, 2.45) is 0 Å². The molecular formula is C22H31N5O3S. The number of rotatable bonds is 5. The van der Waals surface area contributed by atoms with Crippen molar-refractivity contribution >= 4 is 39.2 Å². The van der Waals surface area contributed by atoms with Gasteiger partial charge in [0.05, 0.1) is 18.5 Å². The Morgan fingerprint density at radius 3 is 2.42 bits per heavy atom. The monoisotopic (exact) mass is 445 g/mol.